The Bertz CT molecular complexity index is 332. The summed E-state index contributed by atoms with van der Waals surface area (Å²) in [6, 6.07) is 0. The Labute approximate surface area is 110 Å². The molecule has 1 fully saturated rings. The molecule has 0 radical (unpaired) electrons. The van der Waals surface area contributed by atoms with Gasteiger partial charge in [0.05, 0.1) is 12.7 Å². The van der Waals surface area contributed by atoms with Crippen LogP contribution in [0.5, 0.6) is 0 Å². The van der Waals surface area contributed by atoms with Crippen molar-refractivity contribution < 1.29 is 4.74 Å². The van der Waals surface area contributed by atoms with Crippen LogP contribution in [0.4, 0.5) is 5.95 Å². The lowest BCUT2D eigenvalue weighted by Crippen LogP contribution is -2.15. The van der Waals surface area contributed by atoms with Crippen molar-refractivity contribution in [3.05, 3.63) is 12.4 Å². The van der Waals surface area contributed by atoms with Crippen LogP contribution in [-0.2, 0) is 11.3 Å². The summed E-state index contributed by atoms with van der Waals surface area (Å²) in [7, 11) is 0. The average molecular weight is 251 g/mol. The summed E-state index contributed by atoms with van der Waals surface area (Å²) >= 11 is 0. The molecule has 18 heavy (non-hydrogen) atoms. The van der Waals surface area contributed by atoms with Gasteiger partial charge in [-0.15, -0.1) is 0 Å². The van der Waals surface area contributed by atoms with E-state index in [-0.39, 0.29) is 0 Å². The molecule has 1 aromatic heterocycles. The minimum absolute atomic E-state index is 0.505. The van der Waals surface area contributed by atoms with Crippen LogP contribution < -0.4 is 5.32 Å². The maximum Gasteiger partial charge on any atom is 0.202 e. The van der Waals surface area contributed by atoms with E-state index in [9.17, 15) is 0 Å². The SMILES string of the molecule is CCCCNc1nccn1CCOC1CCCC1. The van der Waals surface area contributed by atoms with Crippen molar-refractivity contribution in [2.45, 2.75) is 58.1 Å². The van der Waals surface area contributed by atoms with E-state index in [0.717, 1.165) is 25.6 Å². The fourth-order valence-corrected chi connectivity index (χ4v) is 2.41. The quantitative estimate of drug-likeness (QED) is 0.722. The predicted molar refractivity (Wildman–Crippen MR) is 73.8 cm³/mol. The number of hydrogen-bond donors (Lipinski definition) is 1. The minimum Gasteiger partial charge on any atom is -0.376 e. The first-order chi connectivity index (χ1) is 8.90. The summed E-state index contributed by atoms with van der Waals surface area (Å²) in [5, 5.41) is 3.37. The van der Waals surface area contributed by atoms with Crippen molar-refractivity contribution in [3.63, 3.8) is 0 Å². The van der Waals surface area contributed by atoms with Gasteiger partial charge in [0.2, 0.25) is 5.95 Å². The van der Waals surface area contributed by atoms with Gasteiger partial charge in [-0.05, 0) is 19.3 Å². The molecule has 1 aliphatic rings. The van der Waals surface area contributed by atoms with Crippen LogP contribution in [0.1, 0.15) is 45.4 Å². The number of rotatable bonds is 8. The van der Waals surface area contributed by atoms with Gasteiger partial charge in [-0.25, -0.2) is 4.98 Å². The molecule has 0 amide bonds. The monoisotopic (exact) mass is 251 g/mol. The minimum atomic E-state index is 0.505. The average Bonchev–Trinajstić information content (AvgIpc) is 3.02. The second kappa shape index (κ2) is 7.41. The van der Waals surface area contributed by atoms with Crippen LogP contribution in [0.2, 0.25) is 0 Å². The van der Waals surface area contributed by atoms with Gasteiger partial charge in [-0.3, -0.25) is 0 Å². The molecule has 0 aromatic carbocycles. The van der Waals surface area contributed by atoms with E-state index in [1.54, 1.807) is 0 Å². The van der Waals surface area contributed by atoms with Gasteiger partial charge in [-0.1, -0.05) is 26.2 Å². The highest BCUT2D eigenvalue weighted by Crippen LogP contribution is 2.20. The lowest BCUT2D eigenvalue weighted by Gasteiger charge is -2.13. The summed E-state index contributed by atoms with van der Waals surface area (Å²) in [6.45, 7) is 4.88. The number of unbranched alkanes of at least 4 members (excludes halogenated alkanes) is 1. The molecule has 4 heteroatoms. The number of nitrogens with zero attached hydrogens (tertiary/aromatic N) is 2. The topological polar surface area (TPSA) is 39.1 Å². The standard InChI is InChI=1S/C14H25N3O/c1-2-3-8-15-14-16-9-10-17(14)11-12-18-13-6-4-5-7-13/h9-10,13H,2-8,11-12H2,1H3,(H,15,16). The number of imidazole rings is 1. The van der Waals surface area contributed by atoms with Crippen LogP contribution in [0.3, 0.4) is 0 Å². The maximum atomic E-state index is 5.88. The van der Waals surface area contributed by atoms with Crippen molar-refractivity contribution in [1.29, 1.82) is 0 Å². The number of ether oxygens (including phenoxy) is 1. The van der Waals surface area contributed by atoms with Crippen LogP contribution in [0.25, 0.3) is 0 Å². The van der Waals surface area contributed by atoms with Gasteiger partial charge in [0, 0.05) is 25.5 Å². The molecule has 0 unspecified atom stereocenters. The van der Waals surface area contributed by atoms with E-state index in [0.29, 0.717) is 6.10 Å². The first-order valence-corrected chi connectivity index (χ1v) is 7.26. The van der Waals surface area contributed by atoms with E-state index in [1.807, 2.05) is 12.4 Å². The zero-order valence-electron chi connectivity index (χ0n) is 11.4. The van der Waals surface area contributed by atoms with Gasteiger partial charge in [0.25, 0.3) is 0 Å². The fraction of sp³-hybridized carbons (Fsp3) is 0.786. The third-order valence-corrected chi connectivity index (χ3v) is 3.52. The molecule has 1 aromatic rings. The maximum absolute atomic E-state index is 5.88. The van der Waals surface area contributed by atoms with Gasteiger partial charge in [0.1, 0.15) is 0 Å². The Balaban J connectivity index is 1.69. The lowest BCUT2D eigenvalue weighted by molar-refractivity contribution is 0.0532. The van der Waals surface area contributed by atoms with Crippen molar-refractivity contribution in [2.75, 3.05) is 18.5 Å². The molecule has 1 aliphatic carbocycles. The molecule has 1 heterocycles. The van der Waals surface area contributed by atoms with E-state index in [1.165, 1.54) is 38.5 Å². The molecule has 1 saturated carbocycles. The van der Waals surface area contributed by atoms with Crippen molar-refractivity contribution in [3.8, 4) is 0 Å². The molecule has 4 nitrogen and oxygen atoms in total. The molecular weight excluding hydrogens is 226 g/mol. The second-order valence-corrected chi connectivity index (χ2v) is 5.00. The first-order valence-electron chi connectivity index (χ1n) is 7.26. The van der Waals surface area contributed by atoms with E-state index < -0.39 is 0 Å². The Hall–Kier alpha value is -1.03. The molecule has 1 N–H and O–H groups in total. The summed E-state index contributed by atoms with van der Waals surface area (Å²) in [5.41, 5.74) is 0. The largest absolute Gasteiger partial charge is 0.376 e. The Morgan fingerprint density at radius 1 is 1.44 bits per heavy atom. The summed E-state index contributed by atoms with van der Waals surface area (Å²) in [4.78, 5) is 4.33. The van der Waals surface area contributed by atoms with Crippen LogP contribution in [0, 0.1) is 0 Å². The smallest absolute Gasteiger partial charge is 0.202 e. The molecule has 0 aliphatic heterocycles. The van der Waals surface area contributed by atoms with Crippen molar-refractivity contribution >= 4 is 5.95 Å². The van der Waals surface area contributed by atoms with Gasteiger partial charge < -0.3 is 14.6 Å². The molecule has 0 bridgehead atoms. The van der Waals surface area contributed by atoms with E-state index in [4.69, 9.17) is 4.74 Å². The van der Waals surface area contributed by atoms with E-state index >= 15 is 0 Å². The summed E-state index contributed by atoms with van der Waals surface area (Å²) in [5.74, 6) is 0.971. The molecule has 0 spiro atoms. The van der Waals surface area contributed by atoms with Crippen molar-refractivity contribution in [1.82, 2.24) is 9.55 Å². The van der Waals surface area contributed by atoms with Crippen molar-refractivity contribution in [2.24, 2.45) is 0 Å². The lowest BCUT2D eigenvalue weighted by atomic mass is 10.3. The molecule has 102 valence electrons. The molecule has 0 saturated heterocycles. The van der Waals surface area contributed by atoms with Gasteiger partial charge in [-0.2, -0.15) is 0 Å². The van der Waals surface area contributed by atoms with Crippen LogP contribution >= 0.6 is 0 Å². The highest BCUT2D eigenvalue weighted by atomic mass is 16.5. The highest BCUT2D eigenvalue weighted by Gasteiger charge is 2.14. The van der Waals surface area contributed by atoms with Crippen LogP contribution in [-0.4, -0.2) is 28.8 Å². The fourth-order valence-electron chi connectivity index (χ4n) is 2.41. The van der Waals surface area contributed by atoms with Gasteiger partial charge in [0.15, 0.2) is 0 Å². The summed E-state index contributed by atoms with van der Waals surface area (Å²) < 4.78 is 8.02. The second-order valence-electron chi connectivity index (χ2n) is 5.00. The normalized spacial score (nSPS) is 16.3. The van der Waals surface area contributed by atoms with E-state index in [2.05, 4.69) is 21.8 Å². The summed E-state index contributed by atoms with van der Waals surface area (Å²) in [6.07, 6.45) is 11.9. The third kappa shape index (κ3) is 4.02. The van der Waals surface area contributed by atoms with Crippen LogP contribution in [0.15, 0.2) is 12.4 Å². The third-order valence-electron chi connectivity index (χ3n) is 3.52. The first kappa shape index (κ1) is 13.4. The number of aromatic nitrogens is 2. The Morgan fingerprint density at radius 2 is 2.28 bits per heavy atom. The predicted octanol–water partition coefficient (Wildman–Crippen LogP) is 3.05. The highest BCUT2D eigenvalue weighted by molar-refractivity contribution is 5.25. The molecule has 2 rings (SSSR count). The molecular formula is C14H25N3O. The Morgan fingerprint density at radius 3 is 3.06 bits per heavy atom. The van der Waals surface area contributed by atoms with Gasteiger partial charge >= 0.3 is 0 Å². The number of hydrogen-bond acceptors (Lipinski definition) is 3. The number of anilines is 1. The number of nitrogens with one attached hydrogen (secondary N) is 1. The zero-order valence-corrected chi connectivity index (χ0v) is 11.4. The zero-order chi connectivity index (χ0) is 12.6. The Kier molecular flexibility index (Phi) is 5.52. The molecule has 0 atom stereocenters.